The second-order valence-electron chi connectivity index (χ2n) is 7.54. The van der Waals surface area contributed by atoms with Crippen LogP contribution in [0.2, 0.25) is 0 Å². The van der Waals surface area contributed by atoms with Gasteiger partial charge < -0.3 is 10.1 Å². The molecule has 0 saturated heterocycles. The molecule has 4 rings (SSSR count). The quantitative estimate of drug-likeness (QED) is 0.309. The fraction of sp³-hybridized carbons (Fsp3) is 0.208. The molecule has 0 fully saturated rings. The molecule has 0 bridgehead atoms. The lowest BCUT2D eigenvalue weighted by Gasteiger charge is -2.12. The topological polar surface area (TPSA) is 69.0 Å². The van der Waals surface area contributed by atoms with Gasteiger partial charge in [-0.1, -0.05) is 35.0 Å². The second kappa shape index (κ2) is 9.42. The Labute approximate surface area is 203 Å². The zero-order valence-electron chi connectivity index (χ0n) is 17.9. The lowest BCUT2D eigenvalue weighted by molar-refractivity contribution is -0.118. The van der Waals surface area contributed by atoms with Crippen LogP contribution in [0.1, 0.15) is 23.6 Å². The molecule has 0 radical (unpaired) electrons. The minimum Gasteiger partial charge on any atom is -0.482 e. The van der Waals surface area contributed by atoms with Crippen molar-refractivity contribution in [1.29, 1.82) is 0 Å². The van der Waals surface area contributed by atoms with Gasteiger partial charge >= 0.3 is 0 Å². The first-order valence-electron chi connectivity index (χ1n) is 10.2. The minimum atomic E-state index is -0.246. The van der Waals surface area contributed by atoms with E-state index >= 15 is 0 Å². The van der Waals surface area contributed by atoms with Crippen molar-refractivity contribution < 1.29 is 9.53 Å². The summed E-state index contributed by atoms with van der Waals surface area (Å²) in [6.45, 7) is 5.88. The third kappa shape index (κ3) is 4.86. The van der Waals surface area contributed by atoms with E-state index in [-0.39, 0.29) is 12.5 Å². The van der Waals surface area contributed by atoms with Gasteiger partial charge in [0, 0.05) is 10.2 Å². The number of halogens is 2. The van der Waals surface area contributed by atoms with Gasteiger partial charge in [0.1, 0.15) is 16.8 Å². The Hall–Kier alpha value is -2.71. The number of aromatic nitrogens is 3. The molecule has 0 atom stereocenters. The van der Waals surface area contributed by atoms with E-state index in [1.807, 2.05) is 50.2 Å². The minimum absolute atomic E-state index is 0.102. The molecule has 1 aromatic heterocycles. The summed E-state index contributed by atoms with van der Waals surface area (Å²) in [6, 6.07) is 15.8. The van der Waals surface area contributed by atoms with Gasteiger partial charge in [-0.15, -0.1) is 10.2 Å². The van der Waals surface area contributed by atoms with Crippen LogP contribution in [0, 0.1) is 13.8 Å². The number of nitrogens with one attached hydrogen (secondary N) is 1. The Bertz CT molecular complexity index is 1280. The third-order valence-electron chi connectivity index (χ3n) is 5.12. The van der Waals surface area contributed by atoms with Gasteiger partial charge in [0.05, 0.1) is 10.2 Å². The first-order valence-corrected chi connectivity index (χ1v) is 11.8. The summed E-state index contributed by atoms with van der Waals surface area (Å²) in [5, 5.41) is 12.1. The van der Waals surface area contributed by atoms with Gasteiger partial charge in [-0.05, 0) is 89.3 Å². The maximum atomic E-state index is 12.5. The van der Waals surface area contributed by atoms with Gasteiger partial charge in [-0.25, -0.2) is 0 Å². The zero-order valence-corrected chi connectivity index (χ0v) is 21.1. The van der Waals surface area contributed by atoms with Crippen LogP contribution in [0.5, 0.6) is 5.75 Å². The number of hydrogen-bond donors (Lipinski definition) is 1. The maximum absolute atomic E-state index is 12.5. The van der Waals surface area contributed by atoms with Crippen molar-refractivity contribution in [3.63, 3.8) is 0 Å². The van der Waals surface area contributed by atoms with Crippen LogP contribution in [0.3, 0.4) is 0 Å². The van der Waals surface area contributed by atoms with E-state index in [0.717, 1.165) is 37.7 Å². The van der Waals surface area contributed by atoms with Gasteiger partial charge in [0.25, 0.3) is 5.91 Å². The number of hydrogen-bond acceptors (Lipinski definition) is 4. The molecule has 0 unspecified atom stereocenters. The zero-order chi connectivity index (χ0) is 22.8. The number of aryl methyl sites for hydroxylation is 3. The number of fused-ring (bicyclic) bond motifs is 1. The number of ether oxygens (including phenoxy) is 1. The second-order valence-corrected chi connectivity index (χ2v) is 9.31. The number of nitrogens with zero attached hydrogens (tertiary/aromatic N) is 3. The van der Waals surface area contributed by atoms with Crippen molar-refractivity contribution in [3.05, 3.63) is 74.2 Å². The molecule has 0 aliphatic rings. The van der Waals surface area contributed by atoms with Crippen LogP contribution < -0.4 is 10.1 Å². The summed E-state index contributed by atoms with van der Waals surface area (Å²) < 4.78 is 7.48. The molecule has 1 amide bonds. The Morgan fingerprint density at radius 3 is 2.34 bits per heavy atom. The van der Waals surface area contributed by atoms with E-state index in [1.165, 1.54) is 5.56 Å². The maximum Gasteiger partial charge on any atom is 0.262 e. The van der Waals surface area contributed by atoms with Crippen molar-refractivity contribution >= 4 is 54.5 Å². The van der Waals surface area contributed by atoms with Gasteiger partial charge in [-0.3, -0.25) is 4.79 Å². The van der Waals surface area contributed by atoms with Crippen LogP contribution in [0.4, 0.5) is 5.69 Å². The summed E-state index contributed by atoms with van der Waals surface area (Å²) in [7, 11) is 0. The molecular weight excluding hydrogens is 536 g/mol. The molecule has 1 N–H and O–H groups in total. The van der Waals surface area contributed by atoms with Crippen molar-refractivity contribution in [2.24, 2.45) is 0 Å². The van der Waals surface area contributed by atoms with E-state index < -0.39 is 0 Å². The summed E-state index contributed by atoms with van der Waals surface area (Å²) in [6.07, 6.45) is 0.985. The van der Waals surface area contributed by atoms with Crippen LogP contribution in [-0.2, 0) is 11.2 Å². The monoisotopic (exact) mass is 556 g/mol. The van der Waals surface area contributed by atoms with Crippen LogP contribution >= 0.6 is 31.9 Å². The number of carbonyl (C=O) groups is 1. The van der Waals surface area contributed by atoms with Gasteiger partial charge in [-0.2, -0.15) is 4.80 Å². The SMILES string of the molecule is CCc1ccc(-n2nc3cc(C)c(NC(=O)COc4c(C)cc(Br)cc4Br)cc3n2)cc1. The molecular formula is C24H22Br2N4O2. The summed E-state index contributed by atoms with van der Waals surface area (Å²) >= 11 is 6.92. The van der Waals surface area contributed by atoms with E-state index in [4.69, 9.17) is 4.74 Å². The highest BCUT2D eigenvalue weighted by Gasteiger charge is 2.13. The van der Waals surface area contributed by atoms with Gasteiger partial charge in [0.15, 0.2) is 6.61 Å². The molecule has 0 aliphatic carbocycles. The lowest BCUT2D eigenvalue weighted by atomic mass is 10.1. The van der Waals surface area contributed by atoms with Crippen molar-refractivity contribution in [2.75, 3.05) is 11.9 Å². The molecule has 32 heavy (non-hydrogen) atoms. The van der Waals surface area contributed by atoms with Gasteiger partial charge in [0.2, 0.25) is 0 Å². The largest absolute Gasteiger partial charge is 0.482 e. The summed E-state index contributed by atoms with van der Waals surface area (Å²) in [5.74, 6) is 0.400. The Kier molecular flexibility index (Phi) is 6.62. The predicted octanol–water partition coefficient (Wildman–Crippen LogP) is 6.14. The van der Waals surface area contributed by atoms with Crippen molar-refractivity contribution in [3.8, 4) is 11.4 Å². The molecule has 4 aromatic rings. The number of amides is 1. The fourth-order valence-electron chi connectivity index (χ4n) is 3.38. The number of anilines is 1. The normalized spacial score (nSPS) is 11.0. The Morgan fingerprint density at radius 2 is 1.69 bits per heavy atom. The molecule has 0 saturated carbocycles. The highest BCUT2D eigenvalue weighted by atomic mass is 79.9. The van der Waals surface area contributed by atoms with E-state index in [2.05, 4.69) is 66.4 Å². The molecule has 0 spiro atoms. The summed E-state index contributed by atoms with van der Waals surface area (Å²) in [4.78, 5) is 14.2. The molecule has 6 nitrogen and oxygen atoms in total. The number of rotatable bonds is 6. The number of benzene rings is 3. The number of carbonyl (C=O) groups excluding carboxylic acids is 1. The predicted molar refractivity (Wildman–Crippen MR) is 134 cm³/mol. The highest BCUT2D eigenvalue weighted by Crippen LogP contribution is 2.32. The molecule has 0 aliphatic heterocycles. The van der Waals surface area contributed by atoms with E-state index in [1.54, 1.807) is 4.80 Å². The van der Waals surface area contributed by atoms with Crippen molar-refractivity contribution in [1.82, 2.24) is 15.0 Å². The first kappa shape index (κ1) is 22.5. The Morgan fingerprint density at radius 1 is 1.00 bits per heavy atom. The lowest BCUT2D eigenvalue weighted by Crippen LogP contribution is -2.21. The third-order valence-corrected chi connectivity index (χ3v) is 6.16. The summed E-state index contributed by atoms with van der Waals surface area (Å²) in [5.41, 5.74) is 6.15. The highest BCUT2D eigenvalue weighted by molar-refractivity contribution is 9.11. The van der Waals surface area contributed by atoms with E-state index in [9.17, 15) is 4.79 Å². The van der Waals surface area contributed by atoms with Crippen LogP contribution in [0.25, 0.3) is 16.7 Å². The van der Waals surface area contributed by atoms with Crippen molar-refractivity contribution in [2.45, 2.75) is 27.2 Å². The average Bonchev–Trinajstić information content (AvgIpc) is 3.16. The molecule has 3 aromatic carbocycles. The van der Waals surface area contributed by atoms with Crippen LogP contribution in [0.15, 0.2) is 57.5 Å². The van der Waals surface area contributed by atoms with E-state index in [0.29, 0.717) is 17.0 Å². The standard InChI is InChI=1S/C24H22Br2N4O2/c1-4-16-5-7-18(8-6-16)30-28-21-10-14(2)20(12-22(21)29-30)27-23(31)13-32-24-15(3)9-17(25)11-19(24)26/h5-12H,4,13H2,1-3H3,(H,27,31). The average molecular weight is 558 g/mol. The molecule has 1 heterocycles. The molecule has 164 valence electrons. The van der Waals surface area contributed by atoms with Crippen LogP contribution in [-0.4, -0.2) is 27.5 Å². The fourth-order valence-corrected chi connectivity index (χ4v) is 4.93. The Balaban J connectivity index is 1.50. The molecule has 8 heteroatoms. The smallest absolute Gasteiger partial charge is 0.262 e. The first-order chi connectivity index (χ1) is 15.3.